The smallest absolute Gasteiger partial charge is 0.382 e. The lowest BCUT2D eigenvalue weighted by Crippen LogP contribution is -2.15. The summed E-state index contributed by atoms with van der Waals surface area (Å²) in [6.45, 7) is 3.19. The molecule has 0 saturated carbocycles. The maximum atomic E-state index is 12.4. The Morgan fingerprint density at radius 2 is 2.22 bits per heavy atom. The van der Waals surface area contributed by atoms with Crippen molar-refractivity contribution in [3.05, 3.63) is 16.1 Å². The van der Waals surface area contributed by atoms with Crippen molar-refractivity contribution in [3.8, 4) is 0 Å². The number of nitrogens with zero attached hydrogens (tertiary/aromatic N) is 1. The molecule has 7 heteroatoms. The van der Waals surface area contributed by atoms with Crippen molar-refractivity contribution in [1.82, 2.24) is 10.3 Å². The zero-order valence-electron chi connectivity index (χ0n) is 10.4. The predicted molar refractivity (Wildman–Crippen MR) is 64.6 cm³/mol. The van der Waals surface area contributed by atoms with Gasteiger partial charge in [0.2, 0.25) is 0 Å². The van der Waals surface area contributed by atoms with Gasteiger partial charge >= 0.3 is 6.18 Å². The molecule has 1 atom stereocenters. The Kier molecular flexibility index (Phi) is 6.04. The van der Waals surface area contributed by atoms with Crippen LogP contribution in [0.25, 0.3) is 0 Å². The molecular weight excluding hydrogens is 265 g/mol. The molecule has 1 aromatic heterocycles. The molecule has 1 aromatic rings. The average molecular weight is 282 g/mol. The van der Waals surface area contributed by atoms with Crippen LogP contribution < -0.4 is 5.32 Å². The molecule has 3 nitrogen and oxygen atoms in total. The number of nitrogens with one attached hydrogen (secondary N) is 1. The third kappa shape index (κ3) is 4.55. The molecule has 1 rings (SSSR count). The van der Waals surface area contributed by atoms with Crippen LogP contribution in [0.3, 0.4) is 0 Å². The van der Waals surface area contributed by atoms with Gasteiger partial charge in [-0.05, 0) is 26.8 Å². The third-order valence-corrected chi connectivity index (χ3v) is 3.60. The van der Waals surface area contributed by atoms with Gasteiger partial charge in [0.15, 0.2) is 5.01 Å². The van der Waals surface area contributed by atoms with Gasteiger partial charge in [-0.2, -0.15) is 13.2 Å². The van der Waals surface area contributed by atoms with Gasteiger partial charge < -0.3 is 10.1 Å². The number of hydrogen-bond acceptors (Lipinski definition) is 4. The zero-order valence-corrected chi connectivity index (χ0v) is 11.2. The minimum absolute atomic E-state index is 0.0981. The number of ether oxygens (including phenoxy) is 1. The van der Waals surface area contributed by atoms with Gasteiger partial charge in [-0.25, -0.2) is 4.98 Å². The molecule has 0 saturated heterocycles. The third-order valence-electron chi connectivity index (χ3n) is 2.44. The molecule has 0 spiro atoms. The van der Waals surface area contributed by atoms with Gasteiger partial charge in [-0.1, -0.05) is 0 Å². The quantitative estimate of drug-likeness (QED) is 0.780. The SMILES string of the molecule is CCOCCCC(NC)c1cnc(C(F)(F)F)s1. The summed E-state index contributed by atoms with van der Waals surface area (Å²) in [7, 11) is 1.73. The number of hydrogen-bond donors (Lipinski definition) is 1. The summed E-state index contributed by atoms with van der Waals surface area (Å²) in [5, 5.41) is 2.22. The maximum Gasteiger partial charge on any atom is 0.443 e. The van der Waals surface area contributed by atoms with Crippen molar-refractivity contribution >= 4 is 11.3 Å². The van der Waals surface area contributed by atoms with E-state index in [2.05, 4.69) is 10.3 Å². The highest BCUT2D eigenvalue weighted by atomic mass is 32.1. The van der Waals surface area contributed by atoms with Crippen molar-refractivity contribution in [3.63, 3.8) is 0 Å². The number of aromatic nitrogens is 1. The van der Waals surface area contributed by atoms with E-state index in [1.54, 1.807) is 7.05 Å². The van der Waals surface area contributed by atoms with Gasteiger partial charge in [0.05, 0.1) is 0 Å². The molecule has 0 bridgehead atoms. The summed E-state index contributed by atoms with van der Waals surface area (Å²) in [6.07, 6.45) is -1.52. The Morgan fingerprint density at radius 1 is 1.50 bits per heavy atom. The largest absolute Gasteiger partial charge is 0.443 e. The fourth-order valence-electron chi connectivity index (χ4n) is 1.54. The van der Waals surface area contributed by atoms with Crippen LogP contribution in [0.1, 0.15) is 35.7 Å². The van der Waals surface area contributed by atoms with Crippen LogP contribution in [0, 0.1) is 0 Å². The van der Waals surface area contributed by atoms with Gasteiger partial charge in [0.1, 0.15) is 0 Å². The minimum atomic E-state index is -4.35. The van der Waals surface area contributed by atoms with E-state index < -0.39 is 11.2 Å². The summed E-state index contributed by atoms with van der Waals surface area (Å²) < 4.78 is 42.5. The zero-order chi connectivity index (χ0) is 13.6. The second kappa shape index (κ2) is 7.06. The van der Waals surface area contributed by atoms with Crippen LogP contribution >= 0.6 is 11.3 Å². The lowest BCUT2D eigenvalue weighted by Gasteiger charge is -2.13. The molecule has 0 aliphatic rings. The lowest BCUT2D eigenvalue weighted by atomic mass is 10.1. The van der Waals surface area contributed by atoms with E-state index in [1.807, 2.05) is 6.92 Å². The summed E-state index contributed by atoms with van der Waals surface area (Å²) in [6, 6.07) is -0.0981. The fourth-order valence-corrected chi connectivity index (χ4v) is 2.47. The van der Waals surface area contributed by atoms with Crippen molar-refractivity contribution < 1.29 is 17.9 Å². The molecule has 1 unspecified atom stereocenters. The highest BCUT2D eigenvalue weighted by molar-refractivity contribution is 7.11. The molecule has 1 heterocycles. The molecule has 18 heavy (non-hydrogen) atoms. The van der Waals surface area contributed by atoms with Gasteiger partial charge in [-0.3, -0.25) is 0 Å². The van der Waals surface area contributed by atoms with Crippen LogP contribution in [-0.4, -0.2) is 25.2 Å². The minimum Gasteiger partial charge on any atom is -0.382 e. The Hall–Kier alpha value is -0.660. The van der Waals surface area contributed by atoms with Crippen LogP contribution in [0.5, 0.6) is 0 Å². The average Bonchev–Trinajstić information content (AvgIpc) is 2.78. The summed E-state index contributed by atoms with van der Waals surface area (Å²) in [5.41, 5.74) is 0. The topological polar surface area (TPSA) is 34.1 Å². The molecule has 0 aromatic carbocycles. The Morgan fingerprint density at radius 3 is 2.72 bits per heavy atom. The first-order valence-electron chi connectivity index (χ1n) is 5.77. The molecule has 0 aliphatic heterocycles. The first kappa shape index (κ1) is 15.4. The molecule has 0 amide bonds. The number of halogens is 3. The van der Waals surface area contributed by atoms with E-state index in [9.17, 15) is 13.2 Å². The highest BCUT2D eigenvalue weighted by Gasteiger charge is 2.35. The first-order valence-corrected chi connectivity index (χ1v) is 6.58. The second-order valence-corrected chi connectivity index (χ2v) is 4.81. The standard InChI is InChI=1S/C11H17F3N2OS/c1-3-17-6-4-5-8(15-2)9-7-16-10(18-9)11(12,13)14/h7-8,15H,3-6H2,1-2H3. The van der Waals surface area contributed by atoms with Gasteiger partial charge in [-0.15, -0.1) is 11.3 Å². The second-order valence-electron chi connectivity index (χ2n) is 3.75. The molecule has 1 N–H and O–H groups in total. The summed E-state index contributed by atoms with van der Waals surface area (Å²) >= 11 is 0.697. The monoisotopic (exact) mass is 282 g/mol. The highest BCUT2D eigenvalue weighted by Crippen LogP contribution is 2.35. The van der Waals surface area contributed by atoms with E-state index in [4.69, 9.17) is 4.74 Å². The van der Waals surface area contributed by atoms with E-state index in [1.165, 1.54) is 6.20 Å². The fraction of sp³-hybridized carbons (Fsp3) is 0.727. The predicted octanol–water partition coefficient (Wildman–Crippen LogP) is 3.24. The van der Waals surface area contributed by atoms with Crippen molar-refractivity contribution in [2.24, 2.45) is 0 Å². The van der Waals surface area contributed by atoms with E-state index in [0.717, 1.165) is 12.8 Å². The number of rotatable bonds is 7. The summed E-state index contributed by atoms with van der Waals surface area (Å²) in [5.74, 6) is 0. The van der Waals surface area contributed by atoms with Crippen molar-refractivity contribution in [2.45, 2.75) is 32.0 Å². The van der Waals surface area contributed by atoms with Gasteiger partial charge in [0.25, 0.3) is 0 Å². The van der Waals surface area contributed by atoms with Crippen molar-refractivity contribution in [1.29, 1.82) is 0 Å². The van der Waals surface area contributed by atoms with E-state index in [-0.39, 0.29) is 6.04 Å². The van der Waals surface area contributed by atoms with Crippen LogP contribution in [0.15, 0.2) is 6.20 Å². The van der Waals surface area contributed by atoms with Crippen LogP contribution in [-0.2, 0) is 10.9 Å². The van der Waals surface area contributed by atoms with E-state index in [0.29, 0.717) is 29.4 Å². The summed E-state index contributed by atoms with van der Waals surface area (Å²) in [4.78, 5) is 4.04. The Balaban J connectivity index is 2.57. The number of thiazole rings is 1. The molecule has 0 radical (unpaired) electrons. The number of alkyl halides is 3. The van der Waals surface area contributed by atoms with E-state index >= 15 is 0 Å². The molecule has 0 aliphatic carbocycles. The Bertz CT molecular complexity index is 354. The lowest BCUT2D eigenvalue weighted by molar-refractivity contribution is -0.137. The van der Waals surface area contributed by atoms with Crippen LogP contribution in [0.2, 0.25) is 0 Å². The molecule has 0 fully saturated rings. The van der Waals surface area contributed by atoms with Gasteiger partial charge in [0, 0.05) is 30.3 Å². The Labute approximate surface area is 108 Å². The first-order chi connectivity index (χ1) is 8.49. The normalized spacial score (nSPS) is 13.8. The molecular formula is C11H17F3N2OS. The molecule has 104 valence electrons. The van der Waals surface area contributed by atoms with Crippen molar-refractivity contribution in [2.75, 3.05) is 20.3 Å². The van der Waals surface area contributed by atoms with Crippen LogP contribution in [0.4, 0.5) is 13.2 Å². The maximum absolute atomic E-state index is 12.4.